The quantitative estimate of drug-likeness (QED) is 0.843. The van der Waals surface area contributed by atoms with Gasteiger partial charge in [-0.2, -0.15) is 0 Å². The van der Waals surface area contributed by atoms with Crippen molar-refractivity contribution in [2.45, 2.75) is 12.1 Å². The van der Waals surface area contributed by atoms with E-state index in [1.807, 2.05) is 12.3 Å². The minimum atomic E-state index is -0.286. The van der Waals surface area contributed by atoms with Crippen molar-refractivity contribution in [3.05, 3.63) is 30.1 Å². The summed E-state index contributed by atoms with van der Waals surface area (Å²) in [6.45, 7) is 7.26. The fourth-order valence-corrected chi connectivity index (χ4v) is 3.31. The molecule has 0 aliphatic carbocycles. The van der Waals surface area contributed by atoms with Crippen LogP contribution in [0.2, 0.25) is 0 Å². The van der Waals surface area contributed by atoms with Gasteiger partial charge in [-0.25, -0.2) is 0 Å². The summed E-state index contributed by atoms with van der Waals surface area (Å²) in [7, 11) is 0. The second-order valence-electron chi connectivity index (χ2n) is 6.16. The van der Waals surface area contributed by atoms with Crippen LogP contribution in [0.3, 0.4) is 0 Å². The maximum atomic E-state index is 9.18. The molecule has 2 fully saturated rings. The smallest absolute Gasteiger partial charge is 0.117 e. The van der Waals surface area contributed by atoms with Crippen molar-refractivity contribution in [2.24, 2.45) is 0 Å². The van der Waals surface area contributed by atoms with Gasteiger partial charge in [0.2, 0.25) is 0 Å². The number of morpholine rings is 1. The van der Waals surface area contributed by atoms with Crippen LogP contribution >= 0.6 is 0 Å². The van der Waals surface area contributed by atoms with E-state index in [1.54, 1.807) is 6.20 Å². The predicted molar refractivity (Wildman–Crippen MR) is 82.5 cm³/mol. The lowest BCUT2D eigenvalue weighted by Gasteiger charge is -2.43. The molecule has 1 N–H and O–H groups in total. The second kappa shape index (κ2) is 7.48. The Hall–Kier alpha value is -1.05. The Labute approximate surface area is 131 Å². The molecular weight excluding hydrogens is 282 g/mol. The number of aliphatic hydroxyl groups is 1. The minimum absolute atomic E-state index is 0.191. The van der Waals surface area contributed by atoms with E-state index in [4.69, 9.17) is 9.47 Å². The van der Waals surface area contributed by atoms with Crippen molar-refractivity contribution in [1.82, 2.24) is 14.8 Å². The molecule has 2 aliphatic rings. The Morgan fingerprint density at radius 1 is 1.23 bits per heavy atom. The largest absolute Gasteiger partial charge is 0.395 e. The fourth-order valence-electron chi connectivity index (χ4n) is 3.31. The number of hydrogen-bond donors (Lipinski definition) is 1. The number of hydrogen-bond acceptors (Lipinski definition) is 6. The summed E-state index contributed by atoms with van der Waals surface area (Å²) in [4.78, 5) is 8.83. The number of aromatic nitrogens is 1. The van der Waals surface area contributed by atoms with Crippen molar-refractivity contribution in [3.8, 4) is 0 Å². The van der Waals surface area contributed by atoms with Gasteiger partial charge in [-0.3, -0.25) is 14.8 Å². The lowest BCUT2D eigenvalue weighted by Crippen LogP contribution is -2.58. The fraction of sp³-hybridized carbons (Fsp3) is 0.688. The van der Waals surface area contributed by atoms with Gasteiger partial charge in [-0.05, 0) is 11.6 Å². The molecule has 22 heavy (non-hydrogen) atoms. The zero-order chi connectivity index (χ0) is 15.3. The first-order valence-corrected chi connectivity index (χ1v) is 7.96. The third-order valence-corrected chi connectivity index (χ3v) is 4.30. The van der Waals surface area contributed by atoms with Gasteiger partial charge in [0.15, 0.2) is 0 Å². The van der Waals surface area contributed by atoms with Crippen molar-refractivity contribution in [1.29, 1.82) is 0 Å². The summed E-state index contributed by atoms with van der Waals surface area (Å²) < 4.78 is 11.9. The molecule has 0 bridgehead atoms. The zero-order valence-corrected chi connectivity index (χ0v) is 13.0. The van der Waals surface area contributed by atoms with Crippen LogP contribution < -0.4 is 0 Å². The molecule has 1 spiro atoms. The molecule has 0 aromatic carbocycles. The van der Waals surface area contributed by atoms with E-state index in [0.29, 0.717) is 19.8 Å². The van der Waals surface area contributed by atoms with E-state index in [9.17, 15) is 5.11 Å². The van der Waals surface area contributed by atoms with Crippen LogP contribution in [0.25, 0.3) is 0 Å². The van der Waals surface area contributed by atoms with E-state index in [-0.39, 0.29) is 12.2 Å². The van der Waals surface area contributed by atoms with E-state index < -0.39 is 0 Å². The van der Waals surface area contributed by atoms with Gasteiger partial charge in [0.25, 0.3) is 0 Å². The Balaban J connectivity index is 1.66. The molecular formula is C16H25N3O3. The first-order valence-electron chi connectivity index (χ1n) is 7.96. The number of aliphatic hydroxyl groups excluding tert-OH is 1. The molecule has 3 heterocycles. The van der Waals surface area contributed by atoms with Crippen LogP contribution in [0.4, 0.5) is 0 Å². The van der Waals surface area contributed by atoms with Gasteiger partial charge in [-0.1, -0.05) is 6.07 Å². The van der Waals surface area contributed by atoms with Gasteiger partial charge >= 0.3 is 0 Å². The van der Waals surface area contributed by atoms with E-state index in [0.717, 1.165) is 39.3 Å². The topological polar surface area (TPSA) is 58.1 Å². The summed E-state index contributed by atoms with van der Waals surface area (Å²) in [5, 5.41) is 9.18. The Bertz CT molecular complexity index is 457. The lowest BCUT2D eigenvalue weighted by molar-refractivity contribution is -0.143. The molecule has 2 saturated heterocycles. The molecule has 122 valence electrons. The first kappa shape index (κ1) is 15.8. The van der Waals surface area contributed by atoms with E-state index >= 15 is 0 Å². The number of rotatable bonds is 4. The third-order valence-electron chi connectivity index (χ3n) is 4.30. The highest BCUT2D eigenvalue weighted by Gasteiger charge is 2.40. The van der Waals surface area contributed by atoms with Gasteiger partial charge in [0.05, 0.1) is 26.4 Å². The lowest BCUT2D eigenvalue weighted by atomic mass is 10.0. The molecule has 0 saturated carbocycles. The highest BCUT2D eigenvalue weighted by molar-refractivity contribution is 5.08. The molecule has 6 heteroatoms. The first-order chi connectivity index (χ1) is 10.8. The number of pyridine rings is 1. The number of β-amino-alcohol motifs (C(OH)–C–C–N with tert-alkyl or cyclic N) is 1. The summed E-state index contributed by atoms with van der Waals surface area (Å²) >= 11 is 0. The van der Waals surface area contributed by atoms with Gasteiger partial charge in [0.1, 0.15) is 5.60 Å². The molecule has 2 aliphatic heterocycles. The average molecular weight is 307 g/mol. The van der Waals surface area contributed by atoms with Crippen LogP contribution in [0.1, 0.15) is 5.56 Å². The van der Waals surface area contributed by atoms with Crippen LogP contribution in [0.5, 0.6) is 0 Å². The summed E-state index contributed by atoms with van der Waals surface area (Å²) in [5.41, 5.74) is 0.925. The maximum Gasteiger partial charge on any atom is 0.117 e. The highest BCUT2D eigenvalue weighted by atomic mass is 16.5. The Morgan fingerprint density at radius 2 is 2.09 bits per heavy atom. The van der Waals surface area contributed by atoms with Gasteiger partial charge < -0.3 is 14.6 Å². The summed E-state index contributed by atoms with van der Waals surface area (Å²) in [5.74, 6) is 0. The second-order valence-corrected chi connectivity index (χ2v) is 6.16. The van der Waals surface area contributed by atoms with Gasteiger partial charge in [0, 0.05) is 51.7 Å². The van der Waals surface area contributed by atoms with Crippen LogP contribution in [0.15, 0.2) is 24.5 Å². The summed E-state index contributed by atoms with van der Waals surface area (Å²) in [6, 6.07) is 4.07. The molecule has 1 aromatic rings. The maximum absolute atomic E-state index is 9.18. The summed E-state index contributed by atoms with van der Waals surface area (Å²) in [6.07, 6.45) is 3.71. The van der Waals surface area contributed by atoms with Crippen LogP contribution in [-0.4, -0.2) is 84.6 Å². The standard InChI is InChI=1S/C16H25N3O3/c20-7-4-18-6-9-22-16(12-18)13-19(5-8-21-14-16)11-15-2-1-3-17-10-15/h1-3,10,20H,4-9,11-14H2/t16-/m0/s1. The van der Waals surface area contributed by atoms with E-state index in [2.05, 4.69) is 20.9 Å². The molecule has 1 atom stereocenters. The van der Waals surface area contributed by atoms with Gasteiger partial charge in [-0.15, -0.1) is 0 Å². The van der Waals surface area contributed by atoms with Crippen molar-refractivity contribution in [3.63, 3.8) is 0 Å². The van der Waals surface area contributed by atoms with Crippen molar-refractivity contribution >= 4 is 0 Å². The van der Waals surface area contributed by atoms with Crippen LogP contribution in [0, 0.1) is 0 Å². The Kier molecular flexibility index (Phi) is 5.38. The molecule has 0 amide bonds. The molecule has 3 rings (SSSR count). The highest BCUT2D eigenvalue weighted by Crippen LogP contribution is 2.23. The number of ether oxygens (including phenoxy) is 2. The Morgan fingerprint density at radius 3 is 2.91 bits per heavy atom. The minimum Gasteiger partial charge on any atom is -0.395 e. The van der Waals surface area contributed by atoms with Crippen LogP contribution in [-0.2, 0) is 16.0 Å². The molecule has 0 unspecified atom stereocenters. The molecule has 6 nitrogen and oxygen atoms in total. The predicted octanol–water partition coefficient (Wildman–Crippen LogP) is -0.0229. The van der Waals surface area contributed by atoms with Crippen molar-refractivity contribution in [2.75, 3.05) is 59.2 Å². The van der Waals surface area contributed by atoms with Crippen molar-refractivity contribution < 1.29 is 14.6 Å². The van der Waals surface area contributed by atoms with E-state index in [1.165, 1.54) is 5.56 Å². The normalized spacial score (nSPS) is 27.9. The SMILES string of the molecule is OCCN1CCO[C@@]2(COCCN(Cc3cccnc3)C2)C1. The number of nitrogens with zero attached hydrogens (tertiary/aromatic N) is 3. The monoisotopic (exact) mass is 307 g/mol. The average Bonchev–Trinajstić information content (AvgIpc) is 2.71. The molecule has 1 aromatic heterocycles. The third kappa shape index (κ3) is 4.02. The zero-order valence-electron chi connectivity index (χ0n) is 13.0. The molecule has 0 radical (unpaired) electrons.